The van der Waals surface area contributed by atoms with Crippen LogP contribution in [0.5, 0.6) is 0 Å². The van der Waals surface area contributed by atoms with E-state index in [4.69, 9.17) is 4.74 Å². The van der Waals surface area contributed by atoms with Crippen LogP contribution in [0.15, 0.2) is 23.8 Å². The molecule has 2 fully saturated rings. The highest BCUT2D eigenvalue weighted by Crippen LogP contribution is 2.50. The smallest absolute Gasteiger partial charge is 0.335 e. The summed E-state index contributed by atoms with van der Waals surface area (Å²) in [5.74, 6) is -7.58. The molecule has 5 heteroatoms. The van der Waals surface area contributed by atoms with E-state index >= 15 is 0 Å². The van der Waals surface area contributed by atoms with E-state index in [0.29, 0.717) is 36.9 Å². The standard InChI is InChI=1S/C20H28F4O/c1-2-4-17-11-10-16(13-25-17)14-6-8-15(9-7-14)18-5-3-12-19(21,22)20(18,23)24/h3,5,12,14-17H,2,4,6-11,13H2,1H3. The van der Waals surface area contributed by atoms with Gasteiger partial charge in [-0.05, 0) is 68.8 Å². The van der Waals surface area contributed by atoms with Crippen LogP contribution in [-0.4, -0.2) is 24.6 Å². The fourth-order valence-corrected chi connectivity index (χ4v) is 4.72. The maximum atomic E-state index is 14.1. The van der Waals surface area contributed by atoms with Crippen molar-refractivity contribution in [2.24, 2.45) is 17.8 Å². The summed E-state index contributed by atoms with van der Waals surface area (Å²) >= 11 is 0. The Kier molecular flexibility index (Phi) is 5.62. The van der Waals surface area contributed by atoms with Crippen molar-refractivity contribution >= 4 is 0 Å². The van der Waals surface area contributed by atoms with Crippen molar-refractivity contribution in [3.05, 3.63) is 23.8 Å². The normalized spacial score (nSPS) is 37.6. The number of ether oxygens (including phenoxy) is 1. The average Bonchev–Trinajstić information content (AvgIpc) is 2.59. The molecule has 0 radical (unpaired) electrons. The molecule has 1 heterocycles. The molecule has 1 saturated carbocycles. The van der Waals surface area contributed by atoms with Crippen LogP contribution in [0.3, 0.4) is 0 Å². The van der Waals surface area contributed by atoms with Gasteiger partial charge in [0, 0.05) is 5.57 Å². The molecule has 1 saturated heterocycles. The molecule has 0 amide bonds. The minimum Gasteiger partial charge on any atom is -0.378 e. The summed E-state index contributed by atoms with van der Waals surface area (Å²) in [6.45, 7) is 2.92. The Morgan fingerprint density at radius 2 is 1.68 bits per heavy atom. The summed E-state index contributed by atoms with van der Waals surface area (Å²) in [6.07, 6.45) is 10.2. The van der Waals surface area contributed by atoms with E-state index in [1.54, 1.807) is 0 Å². The fraction of sp³-hybridized carbons (Fsp3) is 0.800. The second kappa shape index (κ2) is 7.42. The summed E-state index contributed by atoms with van der Waals surface area (Å²) in [5, 5.41) is 0. The van der Waals surface area contributed by atoms with E-state index in [0.717, 1.165) is 51.2 Å². The van der Waals surface area contributed by atoms with Gasteiger partial charge in [-0.2, -0.15) is 17.6 Å². The molecular weight excluding hydrogens is 332 g/mol. The van der Waals surface area contributed by atoms with Crippen molar-refractivity contribution in [2.45, 2.75) is 76.2 Å². The molecule has 2 aliphatic carbocycles. The first-order valence-corrected chi connectivity index (χ1v) is 9.62. The van der Waals surface area contributed by atoms with Gasteiger partial charge < -0.3 is 4.74 Å². The molecule has 0 aromatic rings. The lowest BCUT2D eigenvalue weighted by Gasteiger charge is -2.40. The molecule has 2 unspecified atom stereocenters. The van der Waals surface area contributed by atoms with E-state index in [-0.39, 0.29) is 5.57 Å². The third-order valence-electron chi connectivity index (χ3n) is 6.26. The van der Waals surface area contributed by atoms with Crippen molar-refractivity contribution in [2.75, 3.05) is 6.61 Å². The van der Waals surface area contributed by atoms with Gasteiger partial charge in [0.05, 0.1) is 12.7 Å². The zero-order valence-electron chi connectivity index (χ0n) is 14.8. The van der Waals surface area contributed by atoms with Crippen LogP contribution in [0.2, 0.25) is 0 Å². The molecule has 0 aromatic heterocycles. The lowest BCUT2D eigenvalue weighted by molar-refractivity contribution is -0.161. The maximum Gasteiger partial charge on any atom is 0.335 e. The highest BCUT2D eigenvalue weighted by atomic mass is 19.3. The van der Waals surface area contributed by atoms with Gasteiger partial charge >= 0.3 is 11.8 Å². The maximum absolute atomic E-state index is 14.1. The van der Waals surface area contributed by atoms with E-state index in [1.807, 2.05) is 0 Å². The molecule has 3 aliphatic rings. The van der Waals surface area contributed by atoms with Gasteiger partial charge in [-0.15, -0.1) is 0 Å². The largest absolute Gasteiger partial charge is 0.378 e. The molecule has 2 atom stereocenters. The summed E-state index contributed by atoms with van der Waals surface area (Å²) in [6, 6.07) is 0. The Morgan fingerprint density at radius 1 is 1.00 bits per heavy atom. The van der Waals surface area contributed by atoms with Crippen LogP contribution < -0.4 is 0 Å². The predicted molar refractivity (Wildman–Crippen MR) is 89.9 cm³/mol. The highest BCUT2D eigenvalue weighted by Gasteiger charge is 2.59. The quantitative estimate of drug-likeness (QED) is 0.546. The van der Waals surface area contributed by atoms with Crippen LogP contribution in [0.1, 0.15) is 58.3 Å². The number of rotatable bonds is 4. The zero-order chi connectivity index (χ0) is 18.1. The molecule has 142 valence electrons. The Hall–Kier alpha value is -0.840. The minimum absolute atomic E-state index is 0.314. The van der Waals surface area contributed by atoms with Gasteiger partial charge in [0.25, 0.3) is 0 Å². The van der Waals surface area contributed by atoms with Crippen LogP contribution in [0.25, 0.3) is 0 Å². The Morgan fingerprint density at radius 3 is 2.28 bits per heavy atom. The summed E-state index contributed by atoms with van der Waals surface area (Å²) < 4.78 is 61.3. The monoisotopic (exact) mass is 360 g/mol. The van der Waals surface area contributed by atoms with Crippen molar-refractivity contribution in [1.82, 2.24) is 0 Å². The van der Waals surface area contributed by atoms with Crippen LogP contribution in [0, 0.1) is 17.8 Å². The van der Waals surface area contributed by atoms with Gasteiger partial charge in [0.1, 0.15) is 0 Å². The topological polar surface area (TPSA) is 9.23 Å². The second-order valence-corrected chi connectivity index (χ2v) is 7.87. The first-order valence-electron chi connectivity index (χ1n) is 9.62. The number of hydrogen-bond acceptors (Lipinski definition) is 1. The van der Waals surface area contributed by atoms with Crippen LogP contribution >= 0.6 is 0 Å². The predicted octanol–water partition coefficient (Wildman–Crippen LogP) is 6.15. The van der Waals surface area contributed by atoms with Gasteiger partial charge in [-0.25, -0.2) is 0 Å². The fourth-order valence-electron chi connectivity index (χ4n) is 4.72. The van der Waals surface area contributed by atoms with E-state index in [9.17, 15) is 17.6 Å². The van der Waals surface area contributed by atoms with Crippen molar-refractivity contribution in [3.8, 4) is 0 Å². The van der Waals surface area contributed by atoms with Crippen LogP contribution in [0.4, 0.5) is 17.6 Å². The highest BCUT2D eigenvalue weighted by molar-refractivity contribution is 5.33. The molecule has 1 aliphatic heterocycles. The number of alkyl halides is 4. The average molecular weight is 360 g/mol. The first-order chi connectivity index (χ1) is 11.8. The SMILES string of the molecule is CCCC1CCC(C2CCC(C3=CC=CC(F)(F)C3(F)F)CC2)CO1. The molecule has 25 heavy (non-hydrogen) atoms. The summed E-state index contributed by atoms with van der Waals surface area (Å²) in [5.41, 5.74) is -0.374. The zero-order valence-corrected chi connectivity index (χ0v) is 14.8. The second-order valence-electron chi connectivity index (χ2n) is 7.87. The van der Waals surface area contributed by atoms with E-state index in [1.165, 1.54) is 6.08 Å². The first kappa shape index (κ1) is 18.9. The number of hydrogen-bond donors (Lipinski definition) is 0. The molecule has 0 N–H and O–H groups in total. The lowest BCUT2D eigenvalue weighted by Crippen LogP contribution is -2.44. The Labute approximate surface area is 147 Å². The number of halogens is 4. The van der Waals surface area contributed by atoms with E-state index < -0.39 is 17.8 Å². The molecule has 0 spiro atoms. The molecular formula is C20H28F4O. The van der Waals surface area contributed by atoms with Gasteiger partial charge in [0.2, 0.25) is 0 Å². The Balaban J connectivity index is 1.54. The summed E-state index contributed by atoms with van der Waals surface area (Å²) in [4.78, 5) is 0. The third kappa shape index (κ3) is 3.81. The van der Waals surface area contributed by atoms with Gasteiger partial charge in [0.15, 0.2) is 0 Å². The van der Waals surface area contributed by atoms with Crippen molar-refractivity contribution in [3.63, 3.8) is 0 Å². The summed E-state index contributed by atoms with van der Waals surface area (Å²) in [7, 11) is 0. The van der Waals surface area contributed by atoms with Crippen molar-refractivity contribution in [1.29, 1.82) is 0 Å². The molecule has 0 bridgehead atoms. The lowest BCUT2D eigenvalue weighted by atomic mass is 9.70. The van der Waals surface area contributed by atoms with Crippen LogP contribution in [-0.2, 0) is 4.74 Å². The molecule has 0 aromatic carbocycles. The van der Waals surface area contributed by atoms with E-state index in [2.05, 4.69) is 6.92 Å². The third-order valence-corrected chi connectivity index (χ3v) is 6.26. The minimum atomic E-state index is -4.07. The Bertz CT molecular complexity index is 510. The number of allylic oxidation sites excluding steroid dienone is 4. The van der Waals surface area contributed by atoms with Gasteiger partial charge in [-0.3, -0.25) is 0 Å². The molecule has 3 rings (SSSR count). The molecule has 1 nitrogen and oxygen atoms in total. The van der Waals surface area contributed by atoms with Gasteiger partial charge in [-0.1, -0.05) is 25.5 Å². The van der Waals surface area contributed by atoms with Crippen molar-refractivity contribution < 1.29 is 22.3 Å².